The Labute approximate surface area is 289 Å². The predicted octanol–water partition coefficient (Wildman–Crippen LogP) is 5.78. The Bertz CT molecular complexity index is 1540. The largest absolute Gasteiger partial charge is 0.506 e. The predicted molar refractivity (Wildman–Crippen MR) is 179 cm³/mol. The number of aromatic hydroxyl groups is 1. The van der Waals surface area contributed by atoms with Crippen molar-refractivity contribution in [1.82, 2.24) is 24.9 Å². The Morgan fingerprint density at radius 1 is 0.959 bits per heavy atom. The highest BCUT2D eigenvalue weighted by Crippen LogP contribution is 2.41. The number of fused-ring (bicyclic) bond motifs is 1. The van der Waals surface area contributed by atoms with Gasteiger partial charge in [0, 0.05) is 50.9 Å². The zero-order valence-electron chi connectivity index (χ0n) is 27.6. The van der Waals surface area contributed by atoms with Crippen LogP contribution in [0.5, 0.6) is 5.75 Å². The molecule has 0 saturated carbocycles. The van der Waals surface area contributed by atoms with E-state index in [0.717, 1.165) is 56.1 Å². The van der Waals surface area contributed by atoms with Crippen LogP contribution in [0.25, 0.3) is 0 Å². The van der Waals surface area contributed by atoms with Crippen molar-refractivity contribution in [3.63, 3.8) is 0 Å². The van der Waals surface area contributed by atoms with Crippen LogP contribution in [0.3, 0.4) is 0 Å². The van der Waals surface area contributed by atoms with Gasteiger partial charge in [-0.05, 0) is 99.8 Å². The standard InChI is InChI=1S/C35H44ClF3N6O4/c1-42-12-6-23(7-13-42)24-8-14-43(15-9-24)32(47)30(20-22-18-27(35(37,38)39)31(46)28(36)19-22)41-33(48)44-16-10-26(11-17-44)45-21-25-4-2-3-5-29(25)40-34(45)49/h2-5,18-19,23-24,26,30,46H,6-17,20-21H2,1H3,(H,40,49)(H,41,48)/t30-/m1/s1. The fraction of sp³-hybridized carbons (Fsp3) is 0.571. The van der Waals surface area contributed by atoms with Crippen molar-refractivity contribution in [3.8, 4) is 5.75 Å². The Morgan fingerprint density at radius 2 is 1.57 bits per heavy atom. The molecule has 14 heteroatoms. The third-order valence-corrected chi connectivity index (χ3v) is 11.1. The topological polar surface area (TPSA) is 108 Å². The minimum atomic E-state index is -4.86. The average Bonchev–Trinajstić information content (AvgIpc) is 3.09. The molecule has 6 rings (SSSR count). The summed E-state index contributed by atoms with van der Waals surface area (Å²) in [6, 6.07) is 7.72. The Hall–Kier alpha value is -3.71. The summed E-state index contributed by atoms with van der Waals surface area (Å²) in [5.74, 6) is -0.314. The van der Waals surface area contributed by atoms with Gasteiger partial charge in [-0.1, -0.05) is 29.8 Å². The number of urea groups is 2. The first-order valence-electron chi connectivity index (χ1n) is 17.1. The molecule has 3 fully saturated rings. The van der Waals surface area contributed by atoms with Crippen molar-refractivity contribution >= 4 is 35.3 Å². The van der Waals surface area contributed by atoms with E-state index in [1.54, 1.807) is 14.7 Å². The molecule has 4 aliphatic heterocycles. The molecule has 2 aromatic rings. The van der Waals surface area contributed by atoms with Gasteiger partial charge in [-0.3, -0.25) is 4.79 Å². The molecule has 49 heavy (non-hydrogen) atoms. The second-order valence-corrected chi connectivity index (χ2v) is 14.3. The highest BCUT2D eigenvalue weighted by atomic mass is 35.5. The van der Waals surface area contributed by atoms with E-state index in [-0.39, 0.29) is 30.0 Å². The van der Waals surface area contributed by atoms with Gasteiger partial charge in [-0.25, -0.2) is 9.59 Å². The molecule has 0 aromatic heterocycles. The molecule has 4 heterocycles. The second kappa shape index (κ2) is 14.6. The fourth-order valence-corrected chi connectivity index (χ4v) is 8.12. The van der Waals surface area contributed by atoms with E-state index in [9.17, 15) is 32.7 Å². The molecule has 0 unspecified atom stereocenters. The van der Waals surface area contributed by atoms with E-state index in [1.807, 2.05) is 24.3 Å². The summed E-state index contributed by atoms with van der Waals surface area (Å²) in [5, 5.41) is 15.3. The van der Waals surface area contributed by atoms with Gasteiger partial charge < -0.3 is 35.3 Å². The summed E-state index contributed by atoms with van der Waals surface area (Å²) < 4.78 is 41.2. The molecule has 10 nitrogen and oxygen atoms in total. The van der Waals surface area contributed by atoms with Gasteiger partial charge in [0.1, 0.15) is 11.8 Å². The van der Waals surface area contributed by atoms with Gasteiger partial charge in [0.15, 0.2) is 0 Å². The summed E-state index contributed by atoms with van der Waals surface area (Å²) in [4.78, 5) is 47.9. The minimum absolute atomic E-state index is 0.0742. The van der Waals surface area contributed by atoms with Gasteiger partial charge in [-0.2, -0.15) is 13.2 Å². The molecule has 0 bridgehead atoms. The zero-order valence-corrected chi connectivity index (χ0v) is 28.4. The van der Waals surface area contributed by atoms with Crippen molar-refractivity contribution in [2.24, 2.45) is 11.8 Å². The van der Waals surface area contributed by atoms with E-state index < -0.39 is 34.6 Å². The summed E-state index contributed by atoms with van der Waals surface area (Å²) in [5.41, 5.74) is 0.588. The number of hydrogen-bond acceptors (Lipinski definition) is 5. The van der Waals surface area contributed by atoms with Crippen molar-refractivity contribution < 1.29 is 32.7 Å². The summed E-state index contributed by atoms with van der Waals surface area (Å²) in [7, 11) is 2.12. The molecule has 1 atom stereocenters. The highest BCUT2D eigenvalue weighted by Gasteiger charge is 2.38. The quantitative estimate of drug-likeness (QED) is 0.354. The van der Waals surface area contributed by atoms with Gasteiger partial charge in [-0.15, -0.1) is 0 Å². The molecule has 266 valence electrons. The maximum absolute atomic E-state index is 14.0. The number of benzene rings is 2. The summed E-state index contributed by atoms with van der Waals surface area (Å²) >= 11 is 6.00. The summed E-state index contributed by atoms with van der Waals surface area (Å²) in [6.45, 7) is 4.30. The number of likely N-dealkylation sites (tertiary alicyclic amines) is 3. The van der Waals surface area contributed by atoms with Gasteiger partial charge in [0.25, 0.3) is 0 Å². The fourth-order valence-electron chi connectivity index (χ4n) is 7.87. The van der Waals surface area contributed by atoms with E-state index in [4.69, 9.17) is 11.6 Å². The molecule has 0 aliphatic carbocycles. The lowest BCUT2D eigenvalue weighted by molar-refractivity contribution is -0.138. The maximum Gasteiger partial charge on any atom is 0.420 e. The number of phenols is 1. The Kier molecular flexibility index (Phi) is 10.5. The number of halogens is 4. The monoisotopic (exact) mass is 704 g/mol. The molecule has 0 spiro atoms. The van der Waals surface area contributed by atoms with Crippen LogP contribution < -0.4 is 10.6 Å². The number of alkyl halides is 3. The number of hydrogen-bond donors (Lipinski definition) is 3. The minimum Gasteiger partial charge on any atom is -0.506 e. The van der Waals surface area contributed by atoms with Crippen LogP contribution in [-0.4, -0.2) is 101 Å². The van der Waals surface area contributed by atoms with Crippen LogP contribution in [0.1, 0.15) is 55.2 Å². The van der Waals surface area contributed by atoms with Crippen LogP contribution in [0, 0.1) is 11.8 Å². The number of carbonyl (C=O) groups is 3. The van der Waals surface area contributed by atoms with Crippen LogP contribution in [0.4, 0.5) is 28.4 Å². The van der Waals surface area contributed by atoms with Crippen LogP contribution >= 0.6 is 11.6 Å². The van der Waals surface area contributed by atoms with Crippen molar-refractivity contribution in [1.29, 1.82) is 0 Å². The number of rotatable bonds is 6. The lowest BCUT2D eigenvalue weighted by Gasteiger charge is -2.41. The van der Waals surface area contributed by atoms with E-state index in [2.05, 4.69) is 22.6 Å². The number of amides is 5. The number of phenolic OH excluding ortho intramolecular Hbond substituents is 1. The first-order valence-corrected chi connectivity index (χ1v) is 17.5. The molecule has 0 radical (unpaired) electrons. The Morgan fingerprint density at radius 3 is 2.22 bits per heavy atom. The van der Waals surface area contributed by atoms with Crippen LogP contribution in [0.2, 0.25) is 5.02 Å². The molecule has 3 N–H and O–H groups in total. The number of anilines is 1. The van der Waals surface area contributed by atoms with Gasteiger partial charge in [0.2, 0.25) is 5.91 Å². The molecule has 3 saturated heterocycles. The van der Waals surface area contributed by atoms with E-state index in [0.29, 0.717) is 57.4 Å². The van der Waals surface area contributed by atoms with Gasteiger partial charge >= 0.3 is 18.2 Å². The number of carbonyl (C=O) groups excluding carboxylic acids is 3. The maximum atomic E-state index is 14.0. The molecule has 5 amide bonds. The van der Waals surface area contributed by atoms with Crippen molar-refractivity contribution in [3.05, 3.63) is 58.1 Å². The van der Waals surface area contributed by atoms with Crippen molar-refractivity contribution in [2.45, 2.75) is 69.8 Å². The van der Waals surface area contributed by atoms with E-state index in [1.165, 1.54) is 6.07 Å². The first-order chi connectivity index (χ1) is 23.4. The van der Waals surface area contributed by atoms with E-state index >= 15 is 0 Å². The summed E-state index contributed by atoms with van der Waals surface area (Å²) in [6.07, 6.45) is -0.0828. The molecule has 4 aliphatic rings. The third kappa shape index (κ3) is 8.03. The average molecular weight is 705 g/mol. The number of piperidine rings is 3. The molecular weight excluding hydrogens is 661 g/mol. The number of nitrogens with zero attached hydrogens (tertiary/aromatic N) is 4. The lowest BCUT2D eigenvalue weighted by atomic mass is 9.79. The van der Waals surface area contributed by atoms with Crippen molar-refractivity contribution in [2.75, 3.05) is 51.6 Å². The third-order valence-electron chi connectivity index (χ3n) is 10.8. The first kappa shape index (κ1) is 35.1. The number of nitrogens with one attached hydrogen (secondary N) is 2. The SMILES string of the molecule is CN1CCC(C2CCN(C(=O)[C@@H](Cc3cc(Cl)c(O)c(C(F)(F)F)c3)NC(=O)N3CCC(N4Cc5ccccc5NC4=O)CC3)CC2)CC1. The van der Waals surface area contributed by atoms with Gasteiger partial charge in [0.05, 0.1) is 10.6 Å². The normalized spacial score (nSPS) is 20.9. The zero-order chi connectivity index (χ0) is 34.9. The van der Waals surface area contributed by atoms with Crippen LogP contribution in [-0.2, 0) is 23.9 Å². The lowest BCUT2D eigenvalue weighted by Crippen LogP contribution is -2.57. The second-order valence-electron chi connectivity index (χ2n) is 13.9. The smallest absolute Gasteiger partial charge is 0.420 e. The molecular formula is C35H44ClF3N6O4. The molecule has 2 aromatic carbocycles. The Balaban J connectivity index is 1.13. The van der Waals surface area contributed by atoms with Crippen LogP contribution in [0.15, 0.2) is 36.4 Å². The number of para-hydroxylation sites is 1. The highest BCUT2D eigenvalue weighted by molar-refractivity contribution is 6.32.